The summed E-state index contributed by atoms with van der Waals surface area (Å²) in [5.74, 6) is -0.365. The number of rotatable bonds is 8. The molecule has 17 heavy (non-hydrogen) atoms. The summed E-state index contributed by atoms with van der Waals surface area (Å²) in [7, 11) is 0. The molecule has 5 nitrogen and oxygen atoms in total. The van der Waals surface area contributed by atoms with Gasteiger partial charge in [0.05, 0.1) is 0 Å². The minimum Gasteiger partial charge on any atom is -0.480 e. The molecule has 1 atom stereocenters. The van der Waals surface area contributed by atoms with Gasteiger partial charge in [-0.15, -0.1) is 0 Å². The fourth-order valence-corrected chi connectivity index (χ4v) is 1.47. The lowest BCUT2D eigenvalue weighted by atomic mass is 10.1. The SMILES string of the molecule is CCCC(NC(=O)NCCCC(C)C)C(=O)O. The highest BCUT2D eigenvalue weighted by Crippen LogP contribution is 2.01. The molecule has 0 aliphatic rings. The largest absolute Gasteiger partial charge is 0.480 e. The van der Waals surface area contributed by atoms with Crippen LogP contribution in [0.15, 0.2) is 0 Å². The molecule has 0 aliphatic carbocycles. The quantitative estimate of drug-likeness (QED) is 0.571. The first kappa shape index (κ1) is 15.7. The summed E-state index contributed by atoms with van der Waals surface area (Å²) in [6, 6.07) is -1.18. The van der Waals surface area contributed by atoms with E-state index in [2.05, 4.69) is 24.5 Å². The maximum atomic E-state index is 11.4. The zero-order valence-corrected chi connectivity index (χ0v) is 11.0. The first-order valence-corrected chi connectivity index (χ1v) is 6.24. The number of hydrogen-bond acceptors (Lipinski definition) is 2. The molecule has 3 N–H and O–H groups in total. The molecule has 0 spiro atoms. The smallest absolute Gasteiger partial charge is 0.326 e. The summed E-state index contributed by atoms with van der Waals surface area (Å²) in [6.07, 6.45) is 3.15. The highest BCUT2D eigenvalue weighted by atomic mass is 16.4. The van der Waals surface area contributed by atoms with Crippen LogP contribution in [0.25, 0.3) is 0 Å². The van der Waals surface area contributed by atoms with Crippen LogP contribution >= 0.6 is 0 Å². The van der Waals surface area contributed by atoms with Crippen LogP contribution in [0.4, 0.5) is 4.79 Å². The minimum absolute atomic E-state index is 0.394. The summed E-state index contributed by atoms with van der Waals surface area (Å²) in [4.78, 5) is 22.2. The highest BCUT2D eigenvalue weighted by molar-refractivity contribution is 5.82. The fraction of sp³-hybridized carbons (Fsp3) is 0.833. The van der Waals surface area contributed by atoms with Crippen molar-refractivity contribution in [2.45, 2.75) is 52.5 Å². The molecular weight excluding hydrogens is 220 g/mol. The average Bonchev–Trinajstić information content (AvgIpc) is 2.23. The molecule has 0 aromatic heterocycles. The van der Waals surface area contributed by atoms with Gasteiger partial charge < -0.3 is 15.7 Å². The Balaban J connectivity index is 3.78. The van der Waals surface area contributed by atoms with Crippen LogP contribution in [0.2, 0.25) is 0 Å². The van der Waals surface area contributed by atoms with Gasteiger partial charge in [0.15, 0.2) is 0 Å². The normalized spacial score (nSPS) is 12.2. The van der Waals surface area contributed by atoms with E-state index in [4.69, 9.17) is 5.11 Å². The van der Waals surface area contributed by atoms with Crippen molar-refractivity contribution >= 4 is 12.0 Å². The third-order valence-electron chi connectivity index (χ3n) is 2.42. The first-order chi connectivity index (χ1) is 7.97. The van der Waals surface area contributed by atoms with E-state index < -0.39 is 18.0 Å². The predicted octanol–water partition coefficient (Wildman–Crippen LogP) is 1.98. The van der Waals surface area contributed by atoms with Crippen LogP contribution in [0, 0.1) is 5.92 Å². The van der Waals surface area contributed by atoms with Crippen molar-refractivity contribution in [2.24, 2.45) is 5.92 Å². The van der Waals surface area contributed by atoms with Crippen LogP contribution in [-0.4, -0.2) is 29.7 Å². The second kappa shape index (κ2) is 8.84. The molecule has 0 fully saturated rings. The molecule has 0 heterocycles. The van der Waals surface area contributed by atoms with Gasteiger partial charge in [-0.2, -0.15) is 0 Å². The molecule has 0 bridgehead atoms. The van der Waals surface area contributed by atoms with Crippen LogP contribution in [0.3, 0.4) is 0 Å². The zero-order chi connectivity index (χ0) is 13.3. The maximum Gasteiger partial charge on any atom is 0.326 e. The zero-order valence-electron chi connectivity index (χ0n) is 11.0. The van der Waals surface area contributed by atoms with Crippen molar-refractivity contribution in [3.8, 4) is 0 Å². The second-order valence-electron chi connectivity index (χ2n) is 4.62. The molecule has 0 saturated heterocycles. The van der Waals surface area contributed by atoms with E-state index in [1.165, 1.54) is 0 Å². The maximum absolute atomic E-state index is 11.4. The Morgan fingerprint density at radius 3 is 2.35 bits per heavy atom. The van der Waals surface area contributed by atoms with Crippen molar-refractivity contribution in [1.29, 1.82) is 0 Å². The fourth-order valence-electron chi connectivity index (χ4n) is 1.47. The summed E-state index contributed by atoms with van der Waals surface area (Å²) < 4.78 is 0. The van der Waals surface area contributed by atoms with Gasteiger partial charge in [-0.05, 0) is 25.2 Å². The van der Waals surface area contributed by atoms with Crippen LogP contribution in [-0.2, 0) is 4.79 Å². The van der Waals surface area contributed by atoms with E-state index in [1.807, 2.05) is 6.92 Å². The molecule has 0 aromatic rings. The van der Waals surface area contributed by atoms with E-state index in [-0.39, 0.29) is 0 Å². The van der Waals surface area contributed by atoms with E-state index in [0.717, 1.165) is 19.3 Å². The predicted molar refractivity (Wildman–Crippen MR) is 66.9 cm³/mol. The summed E-state index contributed by atoms with van der Waals surface area (Å²) in [6.45, 7) is 6.73. The van der Waals surface area contributed by atoms with Gasteiger partial charge in [0.1, 0.15) is 6.04 Å². The molecule has 5 heteroatoms. The molecule has 0 saturated carbocycles. The lowest BCUT2D eigenvalue weighted by molar-refractivity contribution is -0.139. The molecular formula is C12H24N2O3. The van der Waals surface area contributed by atoms with Gasteiger partial charge in [-0.25, -0.2) is 9.59 Å². The standard InChI is InChI=1S/C12H24N2O3/c1-4-6-10(11(15)16)14-12(17)13-8-5-7-9(2)3/h9-10H,4-8H2,1-3H3,(H,15,16)(H2,13,14,17). The number of urea groups is 1. The molecule has 100 valence electrons. The van der Waals surface area contributed by atoms with Crippen LogP contribution in [0.1, 0.15) is 46.5 Å². The second-order valence-corrected chi connectivity index (χ2v) is 4.62. The van der Waals surface area contributed by atoms with Crippen molar-refractivity contribution in [1.82, 2.24) is 10.6 Å². The molecule has 0 aliphatic heterocycles. The Morgan fingerprint density at radius 2 is 1.88 bits per heavy atom. The number of carboxylic acid groups (broad SMARTS) is 1. The van der Waals surface area contributed by atoms with E-state index in [0.29, 0.717) is 18.9 Å². The number of aliphatic carboxylic acids is 1. The van der Waals surface area contributed by atoms with Crippen molar-refractivity contribution in [3.05, 3.63) is 0 Å². The molecule has 2 amide bonds. The Labute approximate surface area is 103 Å². The molecule has 0 rings (SSSR count). The van der Waals surface area contributed by atoms with E-state index >= 15 is 0 Å². The number of carbonyl (C=O) groups excluding carboxylic acids is 1. The van der Waals surface area contributed by atoms with Gasteiger partial charge in [-0.1, -0.05) is 27.2 Å². The topological polar surface area (TPSA) is 78.4 Å². The first-order valence-electron chi connectivity index (χ1n) is 6.24. The Bertz CT molecular complexity index is 242. The third-order valence-corrected chi connectivity index (χ3v) is 2.42. The van der Waals surface area contributed by atoms with Gasteiger partial charge in [0, 0.05) is 6.54 Å². The number of carboxylic acids is 1. The number of hydrogen-bond donors (Lipinski definition) is 3. The Kier molecular flexibility index (Phi) is 8.19. The van der Waals surface area contributed by atoms with Crippen LogP contribution in [0.5, 0.6) is 0 Å². The Morgan fingerprint density at radius 1 is 1.24 bits per heavy atom. The number of amides is 2. The average molecular weight is 244 g/mol. The molecule has 0 aromatic carbocycles. The molecule has 1 unspecified atom stereocenters. The van der Waals surface area contributed by atoms with E-state index in [1.54, 1.807) is 0 Å². The Hall–Kier alpha value is -1.26. The van der Waals surface area contributed by atoms with Crippen molar-refractivity contribution < 1.29 is 14.7 Å². The van der Waals surface area contributed by atoms with Gasteiger partial charge in [0.2, 0.25) is 0 Å². The lowest BCUT2D eigenvalue weighted by Gasteiger charge is -2.14. The minimum atomic E-state index is -0.982. The monoisotopic (exact) mass is 244 g/mol. The van der Waals surface area contributed by atoms with Gasteiger partial charge in [-0.3, -0.25) is 0 Å². The van der Waals surface area contributed by atoms with Gasteiger partial charge >= 0.3 is 12.0 Å². The summed E-state index contributed by atoms with van der Waals surface area (Å²) in [5, 5.41) is 14.0. The van der Waals surface area contributed by atoms with Crippen LogP contribution < -0.4 is 10.6 Å². The number of carbonyl (C=O) groups is 2. The summed E-state index contributed by atoms with van der Waals surface area (Å²) >= 11 is 0. The third kappa shape index (κ3) is 8.54. The van der Waals surface area contributed by atoms with Crippen molar-refractivity contribution in [2.75, 3.05) is 6.54 Å². The van der Waals surface area contributed by atoms with Crippen molar-refractivity contribution in [3.63, 3.8) is 0 Å². The van der Waals surface area contributed by atoms with Gasteiger partial charge in [0.25, 0.3) is 0 Å². The lowest BCUT2D eigenvalue weighted by Crippen LogP contribution is -2.46. The van der Waals surface area contributed by atoms with E-state index in [9.17, 15) is 9.59 Å². The number of nitrogens with one attached hydrogen (secondary N) is 2. The highest BCUT2D eigenvalue weighted by Gasteiger charge is 2.18. The molecule has 0 radical (unpaired) electrons. The summed E-state index contributed by atoms with van der Waals surface area (Å²) in [5.41, 5.74) is 0.